The molecule has 0 aliphatic carbocycles. The highest BCUT2D eigenvalue weighted by molar-refractivity contribution is 6.30. The van der Waals surface area contributed by atoms with Gasteiger partial charge in [0.05, 0.1) is 19.8 Å². The van der Waals surface area contributed by atoms with E-state index in [9.17, 15) is 9.59 Å². The van der Waals surface area contributed by atoms with Crippen molar-refractivity contribution < 1.29 is 23.8 Å². The number of carbonyl (C=O) groups is 2. The molecular formula is C18H18ClNO5. The zero-order valence-corrected chi connectivity index (χ0v) is 14.6. The number of amides is 1. The molecule has 132 valence electrons. The number of hydrogen-bond donors (Lipinski definition) is 1. The van der Waals surface area contributed by atoms with Crippen molar-refractivity contribution in [2.75, 3.05) is 20.8 Å². The van der Waals surface area contributed by atoms with Crippen molar-refractivity contribution in [3.63, 3.8) is 0 Å². The van der Waals surface area contributed by atoms with Gasteiger partial charge >= 0.3 is 5.97 Å². The Hall–Kier alpha value is -2.73. The average molecular weight is 364 g/mol. The topological polar surface area (TPSA) is 73.9 Å². The lowest BCUT2D eigenvalue weighted by molar-refractivity contribution is -0.124. The zero-order valence-electron chi connectivity index (χ0n) is 13.9. The van der Waals surface area contributed by atoms with E-state index in [4.69, 9.17) is 25.8 Å². The minimum absolute atomic E-state index is 0.275. The first kappa shape index (κ1) is 18.6. The van der Waals surface area contributed by atoms with Crippen molar-refractivity contribution >= 4 is 23.5 Å². The molecule has 0 aromatic heterocycles. The van der Waals surface area contributed by atoms with Crippen molar-refractivity contribution in [2.24, 2.45) is 0 Å². The van der Waals surface area contributed by atoms with Crippen LogP contribution in [0.5, 0.6) is 11.5 Å². The molecule has 1 amide bonds. The monoisotopic (exact) mass is 363 g/mol. The van der Waals surface area contributed by atoms with Gasteiger partial charge in [0, 0.05) is 11.6 Å². The molecule has 2 aromatic rings. The van der Waals surface area contributed by atoms with Crippen LogP contribution in [0.1, 0.15) is 15.9 Å². The molecule has 0 atom stereocenters. The third-order valence-electron chi connectivity index (χ3n) is 3.35. The molecule has 1 N–H and O–H groups in total. The Bertz CT molecular complexity index is 746. The predicted octanol–water partition coefficient (Wildman–Crippen LogP) is 2.83. The quantitative estimate of drug-likeness (QED) is 0.766. The highest BCUT2D eigenvalue weighted by Crippen LogP contribution is 2.27. The summed E-state index contributed by atoms with van der Waals surface area (Å²) in [4.78, 5) is 23.6. The summed E-state index contributed by atoms with van der Waals surface area (Å²) < 4.78 is 15.3. The highest BCUT2D eigenvalue weighted by atomic mass is 35.5. The maximum atomic E-state index is 11.8. The van der Waals surface area contributed by atoms with Gasteiger partial charge < -0.3 is 19.5 Å². The van der Waals surface area contributed by atoms with E-state index >= 15 is 0 Å². The number of ether oxygens (including phenoxy) is 3. The third-order valence-corrected chi connectivity index (χ3v) is 3.60. The van der Waals surface area contributed by atoms with Gasteiger partial charge in [0.25, 0.3) is 5.91 Å². The van der Waals surface area contributed by atoms with E-state index in [2.05, 4.69) is 5.32 Å². The van der Waals surface area contributed by atoms with Crippen LogP contribution in [0.2, 0.25) is 5.02 Å². The molecule has 0 bridgehead atoms. The number of methoxy groups -OCH3 is 2. The summed E-state index contributed by atoms with van der Waals surface area (Å²) in [5.41, 5.74) is 1.16. The standard InChI is InChI=1S/C18H18ClNO5/c1-23-15-8-3-12(9-16(15)24-2)10-20-17(21)11-25-18(22)13-4-6-14(19)7-5-13/h3-9H,10-11H2,1-2H3,(H,20,21). The summed E-state index contributed by atoms with van der Waals surface area (Å²) in [5.74, 6) is 0.188. The lowest BCUT2D eigenvalue weighted by Crippen LogP contribution is -2.28. The molecule has 0 fully saturated rings. The molecule has 0 aliphatic rings. The van der Waals surface area contributed by atoms with Gasteiger partial charge in [-0.05, 0) is 42.0 Å². The molecule has 7 heteroatoms. The fourth-order valence-electron chi connectivity index (χ4n) is 2.04. The Morgan fingerprint density at radius 3 is 2.32 bits per heavy atom. The van der Waals surface area contributed by atoms with Gasteiger partial charge in [-0.25, -0.2) is 4.79 Å². The van der Waals surface area contributed by atoms with Crippen molar-refractivity contribution in [2.45, 2.75) is 6.54 Å². The molecule has 6 nitrogen and oxygen atoms in total. The third kappa shape index (κ3) is 5.39. The van der Waals surface area contributed by atoms with Gasteiger partial charge in [0.2, 0.25) is 0 Å². The van der Waals surface area contributed by atoms with Crippen LogP contribution in [0.15, 0.2) is 42.5 Å². The summed E-state index contributed by atoms with van der Waals surface area (Å²) >= 11 is 5.75. The average Bonchev–Trinajstić information content (AvgIpc) is 2.64. The Kier molecular flexibility index (Phi) is 6.65. The molecule has 0 radical (unpaired) electrons. The van der Waals surface area contributed by atoms with Crippen LogP contribution < -0.4 is 14.8 Å². The minimum atomic E-state index is -0.585. The normalized spacial score (nSPS) is 10.0. The van der Waals surface area contributed by atoms with Crippen LogP contribution in [0.25, 0.3) is 0 Å². The van der Waals surface area contributed by atoms with Crippen molar-refractivity contribution in [1.82, 2.24) is 5.32 Å². The highest BCUT2D eigenvalue weighted by Gasteiger charge is 2.10. The second-order valence-electron chi connectivity index (χ2n) is 5.05. The lowest BCUT2D eigenvalue weighted by atomic mass is 10.2. The van der Waals surface area contributed by atoms with Crippen LogP contribution in [-0.4, -0.2) is 32.7 Å². The van der Waals surface area contributed by atoms with E-state index in [1.54, 1.807) is 37.4 Å². The van der Waals surface area contributed by atoms with E-state index in [1.807, 2.05) is 0 Å². The van der Waals surface area contributed by atoms with Crippen LogP contribution >= 0.6 is 11.6 Å². The molecule has 0 heterocycles. The summed E-state index contributed by atoms with van der Waals surface area (Å²) in [6, 6.07) is 11.5. The summed E-state index contributed by atoms with van der Waals surface area (Å²) in [6.07, 6.45) is 0. The largest absolute Gasteiger partial charge is 0.493 e. The number of benzene rings is 2. The number of esters is 1. The number of hydrogen-bond acceptors (Lipinski definition) is 5. The molecule has 0 aliphatic heterocycles. The number of rotatable bonds is 7. The van der Waals surface area contributed by atoms with Gasteiger partial charge in [-0.1, -0.05) is 17.7 Å². The van der Waals surface area contributed by atoms with Gasteiger partial charge in [-0.2, -0.15) is 0 Å². The zero-order chi connectivity index (χ0) is 18.2. The van der Waals surface area contributed by atoms with Gasteiger partial charge in [-0.15, -0.1) is 0 Å². The second kappa shape index (κ2) is 8.94. The Morgan fingerprint density at radius 2 is 1.68 bits per heavy atom. The fourth-order valence-corrected chi connectivity index (χ4v) is 2.17. The maximum absolute atomic E-state index is 11.8. The Labute approximate surface area is 150 Å². The molecule has 0 saturated heterocycles. The molecule has 2 aromatic carbocycles. The van der Waals surface area contributed by atoms with Gasteiger partial charge in [0.15, 0.2) is 18.1 Å². The summed E-state index contributed by atoms with van der Waals surface area (Å²) in [7, 11) is 3.09. The second-order valence-corrected chi connectivity index (χ2v) is 5.49. The van der Waals surface area contributed by atoms with E-state index in [0.29, 0.717) is 22.1 Å². The molecule has 0 spiro atoms. The maximum Gasteiger partial charge on any atom is 0.338 e. The van der Waals surface area contributed by atoms with E-state index in [-0.39, 0.29) is 13.2 Å². The van der Waals surface area contributed by atoms with Crippen LogP contribution in [0, 0.1) is 0 Å². The van der Waals surface area contributed by atoms with E-state index in [0.717, 1.165) is 5.56 Å². The first-order valence-electron chi connectivity index (χ1n) is 7.43. The fraction of sp³-hybridized carbons (Fsp3) is 0.222. The van der Waals surface area contributed by atoms with Crippen LogP contribution in [0.4, 0.5) is 0 Å². The van der Waals surface area contributed by atoms with Crippen LogP contribution in [0.3, 0.4) is 0 Å². The lowest BCUT2D eigenvalue weighted by Gasteiger charge is -2.10. The molecule has 25 heavy (non-hydrogen) atoms. The molecular weight excluding hydrogens is 346 g/mol. The smallest absolute Gasteiger partial charge is 0.338 e. The predicted molar refractivity (Wildman–Crippen MR) is 93.1 cm³/mol. The summed E-state index contributed by atoms with van der Waals surface area (Å²) in [6.45, 7) is -0.0908. The first-order valence-corrected chi connectivity index (χ1v) is 7.81. The summed E-state index contributed by atoms with van der Waals surface area (Å²) in [5, 5.41) is 3.19. The molecule has 0 saturated carbocycles. The number of nitrogens with one attached hydrogen (secondary N) is 1. The van der Waals surface area contributed by atoms with Crippen molar-refractivity contribution in [1.29, 1.82) is 0 Å². The van der Waals surface area contributed by atoms with Crippen molar-refractivity contribution in [3.05, 3.63) is 58.6 Å². The van der Waals surface area contributed by atoms with Gasteiger partial charge in [-0.3, -0.25) is 4.79 Å². The van der Waals surface area contributed by atoms with E-state index < -0.39 is 11.9 Å². The number of halogens is 1. The Morgan fingerprint density at radius 1 is 1.00 bits per heavy atom. The van der Waals surface area contributed by atoms with Crippen LogP contribution in [-0.2, 0) is 16.1 Å². The first-order chi connectivity index (χ1) is 12.0. The molecule has 2 rings (SSSR count). The minimum Gasteiger partial charge on any atom is -0.493 e. The van der Waals surface area contributed by atoms with Crippen molar-refractivity contribution in [3.8, 4) is 11.5 Å². The SMILES string of the molecule is COc1ccc(CNC(=O)COC(=O)c2ccc(Cl)cc2)cc1OC. The molecule has 0 unspecified atom stereocenters. The van der Waals surface area contributed by atoms with Gasteiger partial charge in [0.1, 0.15) is 0 Å². The number of carbonyl (C=O) groups excluding carboxylic acids is 2. The Balaban J connectivity index is 1.82. The van der Waals surface area contributed by atoms with E-state index in [1.165, 1.54) is 19.2 Å².